The minimum absolute atomic E-state index is 0.0358. The third-order valence-corrected chi connectivity index (χ3v) is 5.14. The van der Waals surface area contributed by atoms with Crippen LogP contribution in [-0.2, 0) is 4.79 Å². The molecule has 0 radical (unpaired) electrons. The molecule has 4 rings (SSSR count). The molecule has 3 aromatic carbocycles. The van der Waals surface area contributed by atoms with Gasteiger partial charge in [-0.05, 0) is 43.3 Å². The number of nitrogens with zero attached hydrogens (tertiary/aromatic N) is 1. The molecule has 0 saturated carbocycles. The molecule has 1 heterocycles. The quantitative estimate of drug-likeness (QED) is 0.396. The van der Waals surface area contributed by atoms with E-state index in [2.05, 4.69) is 34.7 Å². The summed E-state index contributed by atoms with van der Waals surface area (Å²) >= 11 is 1.55. The number of benzene rings is 3. The molecule has 1 amide bonds. The number of carbonyl (C=O) groups excluding carboxylic acids is 1. The van der Waals surface area contributed by atoms with Crippen LogP contribution in [0.3, 0.4) is 0 Å². The van der Waals surface area contributed by atoms with E-state index in [4.69, 9.17) is 4.74 Å². The molecule has 6 heteroatoms. The zero-order chi connectivity index (χ0) is 20.8. The van der Waals surface area contributed by atoms with E-state index in [0.29, 0.717) is 11.4 Å². The van der Waals surface area contributed by atoms with E-state index in [-0.39, 0.29) is 12.5 Å². The summed E-state index contributed by atoms with van der Waals surface area (Å²) in [7, 11) is 0. The first-order chi connectivity index (χ1) is 14.7. The second kappa shape index (κ2) is 9.24. The van der Waals surface area contributed by atoms with Crippen LogP contribution in [0.4, 0.5) is 16.5 Å². The van der Waals surface area contributed by atoms with E-state index in [9.17, 15) is 4.79 Å². The smallest absolute Gasteiger partial charge is 0.262 e. The molecule has 0 bridgehead atoms. The zero-order valence-corrected chi connectivity index (χ0v) is 17.3. The van der Waals surface area contributed by atoms with Crippen LogP contribution in [0.2, 0.25) is 0 Å². The number of rotatable bonds is 7. The summed E-state index contributed by atoms with van der Waals surface area (Å²) in [5.41, 5.74) is 4.83. The first-order valence-electron chi connectivity index (χ1n) is 9.53. The number of nitrogens with one attached hydrogen (secondary N) is 2. The average molecular weight is 416 g/mol. The lowest BCUT2D eigenvalue weighted by Crippen LogP contribution is -2.20. The summed E-state index contributed by atoms with van der Waals surface area (Å²) in [5.74, 6) is 0.464. The van der Waals surface area contributed by atoms with Crippen LogP contribution in [0.15, 0.2) is 84.2 Å². The highest BCUT2D eigenvalue weighted by molar-refractivity contribution is 7.14. The normalized spacial score (nSPS) is 10.4. The zero-order valence-electron chi connectivity index (χ0n) is 16.5. The van der Waals surface area contributed by atoms with Crippen LogP contribution < -0.4 is 15.4 Å². The van der Waals surface area contributed by atoms with Crippen molar-refractivity contribution in [1.29, 1.82) is 0 Å². The molecular formula is C24H21N3O2S. The molecule has 5 nitrogen and oxygen atoms in total. The van der Waals surface area contributed by atoms with E-state index in [1.54, 1.807) is 11.3 Å². The summed E-state index contributed by atoms with van der Waals surface area (Å²) in [6.45, 7) is 2.03. The maximum Gasteiger partial charge on any atom is 0.262 e. The Hall–Kier alpha value is -3.64. The lowest BCUT2D eigenvalue weighted by atomic mass is 10.1. The van der Waals surface area contributed by atoms with Crippen LogP contribution in [0.5, 0.6) is 5.75 Å². The van der Waals surface area contributed by atoms with Crippen molar-refractivity contribution in [2.24, 2.45) is 0 Å². The van der Waals surface area contributed by atoms with Crippen molar-refractivity contribution in [3.8, 4) is 17.0 Å². The molecule has 0 saturated heterocycles. The Kier molecular flexibility index (Phi) is 6.06. The monoisotopic (exact) mass is 415 g/mol. The fourth-order valence-corrected chi connectivity index (χ4v) is 3.55. The third kappa shape index (κ3) is 5.24. The van der Waals surface area contributed by atoms with Crippen molar-refractivity contribution >= 4 is 33.8 Å². The van der Waals surface area contributed by atoms with Gasteiger partial charge in [-0.3, -0.25) is 4.79 Å². The Balaban J connectivity index is 1.33. The van der Waals surface area contributed by atoms with E-state index >= 15 is 0 Å². The largest absolute Gasteiger partial charge is 0.484 e. The maximum atomic E-state index is 12.1. The summed E-state index contributed by atoms with van der Waals surface area (Å²) in [5, 5.41) is 9.01. The minimum atomic E-state index is -0.204. The molecule has 0 unspecified atom stereocenters. The van der Waals surface area contributed by atoms with Crippen molar-refractivity contribution in [2.45, 2.75) is 6.92 Å². The summed E-state index contributed by atoms with van der Waals surface area (Å²) in [4.78, 5) is 16.7. The number of thiazole rings is 1. The van der Waals surface area contributed by atoms with Crippen LogP contribution in [0, 0.1) is 6.92 Å². The molecule has 0 aliphatic heterocycles. The van der Waals surface area contributed by atoms with E-state index in [0.717, 1.165) is 22.1 Å². The predicted molar refractivity (Wildman–Crippen MR) is 123 cm³/mol. The van der Waals surface area contributed by atoms with Gasteiger partial charge in [0.1, 0.15) is 5.75 Å². The molecule has 0 atom stereocenters. The topological polar surface area (TPSA) is 63.2 Å². The van der Waals surface area contributed by atoms with Gasteiger partial charge in [0.05, 0.1) is 5.69 Å². The van der Waals surface area contributed by atoms with Gasteiger partial charge in [0.2, 0.25) is 0 Å². The van der Waals surface area contributed by atoms with Gasteiger partial charge in [0.15, 0.2) is 11.7 Å². The highest BCUT2D eigenvalue weighted by Gasteiger charge is 2.07. The number of amides is 1. The lowest BCUT2D eigenvalue weighted by Gasteiger charge is -2.08. The number of anilines is 3. The maximum absolute atomic E-state index is 12.1. The van der Waals surface area contributed by atoms with Gasteiger partial charge in [0, 0.05) is 22.3 Å². The predicted octanol–water partition coefficient (Wildman–Crippen LogP) is 5.88. The summed E-state index contributed by atoms with van der Waals surface area (Å²) in [6, 6.07) is 25.1. The van der Waals surface area contributed by atoms with Crippen LogP contribution in [0.1, 0.15) is 5.56 Å². The number of aryl methyl sites for hydroxylation is 1. The molecule has 0 aliphatic carbocycles. The number of hydrogen-bond acceptors (Lipinski definition) is 5. The molecule has 0 aliphatic rings. The van der Waals surface area contributed by atoms with Crippen LogP contribution >= 0.6 is 11.3 Å². The first-order valence-corrected chi connectivity index (χ1v) is 10.4. The van der Waals surface area contributed by atoms with Gasteiger partial charge in [-0.25, -0.2) is 4.98 Å². The van der Waals surface area contributed by atoms with Crippen LogP contribution in [0.25, 0.3) is 11.3 Å². The minimum Gasteiger partial charge on any atom is -0.484 e. The Morgan fingerprint density at radius 3 is 2.37 bits per heavy atom. The molecule has 0 fully saturated rings. The van der Waals surface area contributed by atoms with Crippen molar-refractivity contribution in [2.75, 3.05) is 17.2 Å². The highest BCUT2D eigenvalue weighted by Crippen LogP contribution is 2.28. The molecule has 0 spiro atoms. The number of para-hydroxylation sites is 1. The first kappa shape index (κ1) is 19.7. The number of aromatic nitrogens is 1. The highest BCUT2D eigenvalue weighted by atomic mass is 32.1. The van der Waals surface area contributed by atoms with Gasteiger partial charge in [-0.1, -0.05) is 48.0 Å². The fraction of sp³-hybridized carbons (Fsp3) is 0.0833. The number of hydrogen-bond donors (Lipinski definition) is 2. The van der Waals surface area contributed by atoms with Gasteiger partial charge >= 0.3 is 0 Å². The Labute approximate surface area is 179 Å². The molecule has 4 aromatic rings. The summed E-state index contributed by atoms with van der Waals surface area (Å²) < 4.78 is 5.46. The SMILES string of the molecule is Cc1ccc(Nc2nc(-c3ccc(NC(=O)COc4ccccc4)cc3)cs2)cc1. The van der Waals surface area contributed by atoms with E-state index in [1.807, 2.05) is 72.1 Å². The standard InChI is InChI=1S/C24H21N3O2S/c1-17-7-11-20(12-8-17)26-24-27-22(16-30-24)18-9-13-19(14-10-18)25-23(28)15-29-21-5-3-2-4-6-21/h2-14,16H,15H2,1H3,(H,25,28)(H,26,27). The molecule has 150 valence electrons. The number of ether oxygens (including phenoxy) is 1. The van der Waals surface area contributed by atoms with Gasteiger partial charge < -0.3 is 15.4 Å². The van der Waals surface area contributed by atoms with E-state index in [1.165, 1.54) is 5.56 Å². The van der Waals surface area contributed by atoms with Crippen molar-refractivity contribution in [3.63, 3.8) is 0 Å². The average Bonchev–Trinajstić information content (AvgIpc) is 3.24. The number of carbonyl (C=O) groups is 1. The molecular weight excluding hydrogens is 394 g/mol. The van der Waals surface area contributed by atoms with Crippen molar-refractivity contribution in [3.05, 3.63) is 89.8 Å². The third-order valence-electron chi connectivity index (χ3n) is 4.38. The lowest BCUT2D eigenvalue weighted by molar-refractivity contribution is -0.118. The van der Waals surface area contributed by atoms with E-state index < -0.39 is 0 Å². The second-order valence-corrected chi connectivity index (χ2v) is 7.61. The van der Waals surface area contributed by atoms with Crippen LogP contribution in [-0.4, -0.2) is 17.5 Å². The fourth-order valence-electron chi connectivity index (χ4n) is 2.81. The van der Waals surface area contributed by atoms with Crippen molar-refractivity contribution < 1.29 is 9.53 Å². The second-order valence-electron chi connectivity index (χ2n) is 6.76. The van der Waals surface area contributed by atoms with Gasteiger partial charge in [0.25, 0.3) is 5.91 Å². The van der Waals surface area contributed by atoms with Gasteiger partial charge in [-0.2, -0.15) is 0 Å². The molecule has 1 aromatic heterocycles. The molecule has 30 heavy (non-hydrogen) atoms. The van der Waals surface area contributed by atoms with Crippen molar-refractivity contribution in [1.82, 2.24) is 4.98 Å². The Morgan fingerprint density at radius 1 is 0.933 bits per heavy atom. The molecule has 2 N–H and O–H groups in total. The Morgan fingerprint density at radius 2 is 1.63 bits per heavy atom. The Bertz CT molecular complexity index is 1110. The summed E-state index contributed by atoms with van der Waals surface area (Å²) in [6.07, 6.45) is 0. The van der Waals surface area contributed by atoms with Gasteiger partial charge in [-0.15, -0.1) is 11.3 Å².